The number of aldehydes is 1. The van der Waals surface area contributed by atoms with Gasteiger partial charge in [-0.15, -0.1) is 0 Å². The highest BCUT2D eigenvalue weighted by atomic mass is 35.5. The number of methoxy groups -OCH3 is 1. The van der Waals surface area contributed by atoms with Crippen molar-refractivity contribution in [3.8, 4) is 5.75 Å². The number of halogens is 1. The summed E-state index contributed by atoms with van der Waals surface area (Å²) in [6.45, 7) is 4.35. The van der Waals surface area contributed by atoms with E-state index in [9.17, 15) is 4.79 Å². The molecule has 0 amide bonds. The Labute approximate surface area is 154 Å². The summed E-state index contributed by atoms with van der Waals surface area (Å²) >= 11 is 6.22. The fraction of sp³-hybridized carbons (Fsp3) is 0.381. The van der Waals surface area contributed by atoms with Gasteiger partial charge in [0.25, 0.3) is 0 Å². The molecule has 1 heterocycles. The lowest BCUT2D eigenvalue weighted by Gasteiger charge is -2.40. The van der Waals surface area contributed by atoms with Crippen molar-refractivity contribution in [1.82, 2.24) is 0 Å². The smallest absolute Gasteiger partial charge is 0.142 e. The van der Waals surface area contributed by atoms with E-state index in [2.05, 4.69) is 31.3 Å². The van der Waals surface area contributed by atoms with Gasteiger partial charge in [-0.25, -0.2) is 0 Å². The van der Waals surface area contributed by atoms with Crippen molar-refractivity contribution in [2.24, 2.45) is 5.41 Å². The topological polar surface area (TPSA) is 38.3 Å². The summed E-state index contributed by atoms with van der Waals surface area (Å²) in [4.78, 5) is 11.9. The predicted octanol–water partition coefficient (Wildman–Crippen LogP) is 5.08. The molecule has 3 unspecified atom stereocenters. The second-order valence-electron chi connectivity index (χ2n) is 6.95. The molecule has 2 aromatic rings. The van der Waals surface area contributed by atoms with Crippen LogP contribution in [0.5, 0.6) is 5.75 Å². The predicted molar refractivity (Wildman–Crippen MR) is 103 cm³/mol. The largest absolute Gasteiger partial charge is 0.497 e. The van der Waals surface area contributed by atoms with Gasteiger partial charge >= 0.3 is 0 Å². The lowest BCUT2D eigenvalue weighted by molar-refractivity contribution is -0.111. The molecule has 0 aliphatic carbocycles. The van der Waals surface area contributed by atoms with Crippen LogP contribution in [0.1, 0.15) is 37.3 Å². The minimum Gasteiger partial charge on any atom is -0.497 e. The lowest BCUT2D eigenvalue weighted by Crippen LogP contribution is -2.42. The third-order valence-corrected chi connectivity index (χ3v) is 5.96. The van der Waals surface area contributed by atoms with Crippen molar-refractivity contribution in [3.05, 3.63) is 58.6 Å². The summed E-state index contributed by atoms with van der Waals surface area (Å²) in [6, 6.07) is 13.8. The fourth-order valence-corrected chi connectivity index (χ4v) is 4.06. The first kappa shape index (κ1) is 17.8. The molecule has 0 bridgehead atoms. The monoisotopic (exact) mass is 357 g/mol. The Morgan fingerprint density at radius 3 is 2.60 bits per heavy atom. The number of carbonyl (C=O) groups excluding carboxylic acids is 1. The minimum absolute atomic E-state index is 0.200. The summed E-state index contributed by atoms with van der Waals surface area (Å²) in [7, 11) is 1.67. The van der Waals surface area contributed by atoms with E-state index in [1.807, 2.05) is 30.3 Å². The molecule has 1 aliphatic rings. The maximum atomic E-state index is 11.9. The SMILES string of the molecule is CCC1(C)C(C=O)Nc2ccc(Cl)cc2CC1c1ccc(OC)cc1. The van der Waals surface area contributed by atoms with Crippen LogP contribution in [0.3, 0.4) is 0 Å². The highest BCUT2D eigenvalue weighted by molar-refractivity contribution is 6.30. The van der Waals surface area contributed by atoms with Gasteiger partial charge in [0.15, 0.2) is 0 Å². The standard InChI is InChI=1S/C21H24ClNO2/c1-4-21(2)18(14-5-8-17(25-3)9-6-14)12-15-11-16(22)7-10-19(15)23-20(21)13-24/h5-11,13,18,20,23H,4,12H2,1-3H3. The number of anilines is 1. The molecule has 0 saturated heterocycles. The van der Waals surface area contributed by atoms with Crippen molar-refractivity contribution < 1.29 is 9.53 Å². The Balaban J connectivity index is 2.11. The second-order valence-corrected chi connectivity index (χ2v) is 7.39. The Hall–Kier alpha value is -2.00. The normalized spacial score (nSPS) is 25.4. The number of hydrogen-bond donors (Lipinski definition) is 1. The van der Waals surface area contributed by atoms with Crippen molar-refractivity contribution in [2.75, 3.05) is 12.4 Å². The van der Waals surface area contributed by atoms with E-state index in [1.54, 1.807) is 7.11 Å². The zero-order valence-corrected chi connectivity index (χ0v) is 15.6. The van der Waals surface area contributed by atoms with E-state index in [-0.39, 0.29) is 17.4 Å². The molecule has 3 atom stereocenters. The van der Waals surface area contributed by atoms with Gasteiger partial charge in [0.2, 0.25) is 0 Å². The van der Waals surface area contributed by atoms with E-state index in [0.717, 1.165) is 41.2 Å². The Kier molecular flexibility index (Phi) is 5.05. The molecule has 3 nitrogen and oxygen atoms in total. The van der Waals surface area contributed by atoms with Gasteiger partial charge in [0, 0.05) is 16.1 Å². The molecule has 3 rings (SSSR count). The molecule has 1 aliphatic heterocycles. The molecule has 4 heteroatoms. The minimum atomic E-state index is -0.257. The average molecular weight is 358 g/mol. The number of nitrogens with one attached hydrogen (secondary N) is 1. The van der Waals surface area contributed by atoms with Gasteiger partial charge in [-0.3, -0.25) is 0 Å². The van der Waals surface area contributed by atoms with Gasteiger partial charge in [-0.1, -0.05) is 37.6 Å². The number of carbonyl (C=O) groups is 1. The Bertz CT molecular complexity index is 759. The first-order chi connectivity index (χ1) is 12.0. The summed E-state index contributed by atoms with van der Waals surface area (Å²) in [5.74, 6) is 1.04. The number of ether oxygens (including phenoxy) is 1. The van der Waals surface area contributed by atoms with Gasteiger partial charge in [-0.2, -0.15) is 0 Å². The van der Waals surface area contributed by atoms with Gasteiger partial charge < -0.3 is 14.8 Å². The fourth-order valence-electron chi connectivity index (χ4n) is 3.86. The van der Waals surface area contributed by atoms with Crippen molar-refractivity contribution >= 4 is 23.6 Å². The number of fused-ring (bicyclic) bond motifs is 1. The Morgan fingerprint density at radius 2 is 2.00 bits per heavy atom. The average Bonchev–Trinajstić information content (AvgIpc) is 2.76. The molecule has 0 radical (unpaired) electrons. The highest BCUT2D eigenvalue weighted by Crippen LogP contribution is 2.47. The third-order valence-electron chi connectivity index (χ3n) is 5.72. The zero-order chi connectivity index (χ0) is 18.0. The maximum absolute atomic E-state index is 11.9. The van der Waals surface area contributed by atoms with Crippen LogP contribution in [0.2, 0.25) is 5.02 Å². The number of rotatable bonds is 4. The van der Waals surface area contributed by atoms with Crippen LogP contribution in [0.15, 0.2) is 42.5 Å². The van der Waals surface area contributed by atoms with Crippen LogP contribution in [-0.2, 0) is 11.2 Å². The van der Waals surface area contributed by atoms with Crippen LogP contribution in [0.4, 0.5) is 5.69 Å². The molecule has 0 fully saturated rings. The van der Waals surface area contributed by atoms with E-state index >= 15 is 0 Å². The summed E-state index contributed by atoms with van der Waals surface area (Å²) in [6.07, 6.45) is 2.77. The number of hydrogen-bond acceptors (Lipinski definition) is 3. The van der Waals surface area contributed by atoms with E-state index in [1.165, 1.54) is 5.56 Å². The first-order valence-corrected chi connectivity index (χ1v) is 9.03. The molecular formula is C21H24ClNO2. The van der Waals surface area contributed by atoms with E-state index in [4.69, 9.17) is 16.3 Å². The van der Waals surface area contributed by atoms with Crippen molar-refractivity contribution in [2.45, 2.75) is 38.6 Å². The summed E-state index contributed by atoms with van der Waals surface area (Å²) < 4.78 is 5.29. The summed E-state index contributed by atoms with van der Waals surface area (Å²) in [5, 5.41) is 4.17. The lowest BCUT2D eigenvalue weighted by atomic mass is 9.66. The van der Waals surface area contributed by atoms with Crippen LogP contribution >= 0.6 is 11.6 Å². The highest BCUT2D eigenvalue weighted by Gasteiger charge is 2.43. The molecule has 25 heavy (non-hydrogen) atoms. The van der Waals surface area contributed by atoms with E-state index in [0.29, 0.717) is 0 Å². The van der Waals surface area contributed by atoms with Gasteiger partial charge in [0.05, 0.1) is 13.2 Å². The molecule has 132 valence electrons. The zero-order valence-electron chi connectivity index (χ0n) is 14.9. The molecule has 2 aromatic carbocycles. The molecule has 1 N–H and O–H groups in total. The van der Waals surface area contributed by atoms with Crippen LogP contribution in [0.25, 0.3) is 0 Å². The second kappa shape index (κ2) is 7.09. The van der Waals surface area contributed by atoms with Crippen LogP contribution < -0.4 is 10.1 Å². The Morgan fingerprint density at radius 1 is 1.28 bits per heavy atom. The van der Waals surface area contributed by atoms with Crippen molar-refractivity contribution in [1.29, 1.82) is 0 Å². The van der Waals surface area contributed by atoms with Gasteiger partial charge in [-0.05, 0) is 60.2 Å². The van der Waals surface area contributed by atoms with Crippen LogP contribution in [0, 0.1) is 5.41 Å². The number of benzene rings is 2. The maximum Gasteiger partial charge on any atom is 0.142 e. The van der Waals surface area contributed by atoms with Crippen LogP contribution in [-0.4, -0.2) is 19.4 Å². The molecule has 0 spiro atoms. The van der Waals surface area contributed by atoms with Crippen molar-refractivity contribution in [3.63, 3.8) is 0 Å². The summed E-state index contributed by atoms with van der Waals surface area (Å²) in [5.41, 5.74) is 3.16. The molecule has 0 aromatic heterocycles. The third kappa shape index (κ3) is 3.25. The molecular weight excluding hydrogens is 334 g/mol. The first-order valence-electron chi connectivity index (χ1n) is 8.66. The quantitative estimate of drug-likeness (QED) is 0.775. The van der Waals surface area contributed by atoms with E-state index < -0.39 is 0 Å². The molecule has 0 saturated carbocycles. The van der Waals surface area contributed by atoms with Gasteiger partial charge in [0.1, 0.15) is 12.0 Å².